The highest BCUT2D eigenvalue weighted by atomic mass is 15.4. The number of fused-ring (bicyclic) bond motifs is 1. The molecule has 4 heteroatoms. The lowest BCUT2D eigenvalue weighted by atomic mass is 10.1. The molecule has 0 saturated heterocycles. The Morgan fingerprint density at radius 3 is 3.00 bits per heavy atom. The summed E-state index contributed by atoms with van der Waals surface area (Å²) in [4.78, 5) is 4.52. The maximum atomic E-state index is 4.52. The van der Waals surface area contributed by atoms with Gasteiger partial charge < -0.3 is 5.32 Å². The average molecular weight is 192 g/mol. The van der Waals surface area contributed by atoms with E-state index in [1.54, 1.807) is 0 Å². The molecule has 14 heavy (non-hydrogen) atoms. The van der Waals surface area contributed by atoms with Crippen molar-refractivity contribution in [1.82, 2.24) is 20.1 Å². The van der Waals surface area contributed by atoms with Crippen LogP contribution < -0.4 is 5.32 Å². The van der Waals surface area contributed by atoms with E-state index in [1.165, 1.54) is 6.42 Å². The Morgan fingerprint density at radius 1 is 1.50 bits per heavy atom. The standard InChI is InChI=1S/C10H16N4/c1-6-5-8(6)9-10-12-7(2)13-14(10)4-3-11-9/h6,8-9,11H,3-5H2,1-2H3. The molecular formula is C10H16N4. The van der Waals surface area contributed by atoms with E-state index in [0.29, 0.717) is 6.04 Å². The molecule has 1 aromatic rings. The Balaban J connectivity index is 1.94. The van der Waals surface area contributed by atoms with E-state index in [0.717, 1.165) is 36.6 Å². The Bertz CT molecular complexity index is 357. The van der Waals surface area contributed by atoms with Crippen LogP contribution in [-0.2, 0) is 6.54 Å². The van der Waals surface area contributed by atoms with Gasteiger partial charge in [-0.15, -0.1) is 0 Å². The topological polar surface area (TPSA) is 42.7 Å². The summed E-state index contributed by atoms with van der Waals surface area (Å²) in [6.07, 6.45) is 1.34. The molecule has 3 unspecified atom stereocenters. The molecular weight excluding hydrogens is 176 g/mol. The van der Waals surface area contributed by atoms with Gasteiger partial charge in [-0.25, -0.2) is 9.67 Å². The van der Waals surface area contributed by atoms with Gasteiger partial charge in [-0.05, 0) is 25.2 Å². The molecule has 2 heterocycles. The summed E-state index contributed by atoms with van der Waals surface area (Å²) in [5.74, 6) is 3.71. The molecule has 4 nitrogen and oxygen atoms in total. The first-order valence-corrected chi connectivity index (χ1v) is 5.40. The number of aromatic nitrogens is 3. The van der Waals surface area contributed by atoms with Crippen LogP contribution in [0.5, 0.6) is 0 Å². The Hall–Kier alpha value is -0.900. The zero-order valence-corrected chi connectivity index (χ0v) is 8.70. The van der Waals surface area contributed by atoms with Gasteiger partial charge in [0, 0.05) is 6.54 Å². The summed E-state index contributed by atoms with van der Waals surface area (Å²) in [6, 6.07) is 0.458. The molecule has 1 saturated carbocycles. The maximum absolute atomic E-state index is 4.52. The monoisotopic (exact) mass is 192 g/mol. The SMILES string of the molecule is Cc1nc2n(n1)CCNC2C1CC1C. The molecule has 76 valence electrons. The average Bonchev–Trinajstić information content (AvgIpc) is 2.74. The molecule has 1 fully saturated rings. The molecule has 3 rings (SSSR count). The molecule has 3 atom stereocenters. The lowest BCUT2D eigenvalue weighted by Crippen LogP contribution is -2.35. The van der Waals surface area contributed by atoms with E-state index < -0.39 is 0 Å². The van der Waals surface area contributed by atoms with Crippen molar-refractivity contribution in [3.63, 3.8) is 0 Å². The van der Waals surface area contributed by atoms with Crippen molar-refractivity contribution in [1.29, 1.82) is 0 Å². The van der Waals surface area contributed by atoms with Crippen molar-refractivity contribution < 1.29 is 0 Å². The molecule has 0 aromatic carbocycles. The molecule has 0 spiro atoms. The number of nitrogens with one attached hydrogen (secondary N) is 1. The molecule has 0 radical (unpaired) electrons. The fraction of sp³-hybridized carbons (Fsp3) is 0.800. The Morgan fingerprint density at radius 2 is 2.29 bits per heavy atom. The van der Waals surface area contributed by atoms with Gasteiger partial charge in [0.15, 0.2) is 0 Å². The van der Waals surface area contributed by atoms with Crippen molar-refractivity contribution in [2.45, 2.75) is 32.9 Å². The van der Waals surface area contributed by atoms with Crippen LogP contribution in [0.3, 0.4) is 0 Å². The fourth-order valence-electron chi connectivity index (χ4n) is 2.44. The first kappa shape index (κ1) is 8.41. The fourth-order valence-corrected chi connectivity index (χ4v) is 2.44. The Kier molecular flexibility index (Phi) is 1.68. The molecule has 1 N–H and O–H groups in total. The summed E-state index contributed by atoms with van der Waals surface area (Å²) in [7, 11) is 0. The molecule has 2 aliphatic rings. The van der Waals surface area contributed by atoms with E-state index in [2.05, 4.69) is 27.0 Å². The van der Waals surface area contributed by atoms with E-state index in [1.807, 2.05) is 6.92 Å². The summed E-state index contributed by atoms with van der Waals surface area (Å²) >= 11 is 0. The highest BCUT2D eigenvalue weighted by Gasteiger charge is 2.43. The van der Waals surface area contributed by atoms with Crippen LogP contribution in [0.15, 0.2) is 0 Å². The summed E-state index contributed by atoms with van der Waals surface area (Å²) in [6.45, 7) is 6.28. The highest BCUT2D eigenvalue weighted by Crippen LogP contribution is 2.47. The summed E-state index contributed by atoms with van der Waals surface area (Å²) in [5, 5.41) is 7.96. The second-order valence-electron chi connectivity index (χ2n) is 4.55. The molecule has 1 aromatic heterocycles. The summed E-state index contributed by atoms with van der Waals surface area (Å²) < 4.78 is 2.07. The highest BCUT2D eigenvalue weighted by molar-refractivity contribution is 5.08. The minimum atomic E-state index is 0.458. The van der Waals surface area contributed by atoms with E-state index in [9.17, 15) is 0 Å². The van der Waals surface area contributed by atoms with Gasteiger partial charge in [0.2, 0.25) is 0 Å². The van der Waals surface area contributed by atoms with Crippen molar-refractivity contribution in [3.05, 3.63) is 11.6 Å². The van der Waals surface area contributed by atoms with Crippen LogP contribution in [-0.4, -0.2) is 21.3 Å². The lowest BCUT2D eigenvalue weighted by molar-refractivity contribution is 0.355. The lowest BCUT2D eigenvalue weighted by Gasteiger charge is -2.23. The van der Waals surface area contributed by atoms with Gasteiger partial charge in [-0.2, -0.15) is 5.10 Å². The minimum Gasteiger partial charge on any atom is -0.305 e. The van der Waals surface area contributed by atoms with Gasteiger partial charge in [-0.3, -0.25) is 0 Å². The largest absolute Gasteiger partial charge is 0.305 e. The van der Waals surface area contributed by atoms with Crippen LogP contribution in [0.25, 0.3) is 0 Å². The zero-order chi connectivity index (χ0) is 9.71. The van der Waals surface area contributed by atoms with Crippen molar-refractivity contribution in [2.24, 2.45) is 11.8 Å². The maximum Gasteiger partial charge on any atom is 0.147 e. The number of nitrogens with zero attached hydrogens (tertiary/aromatic N) is 3. The van der Waals surface area contributed by atoms with Crippen LogP contribution in [0, 0.1) is 18.8 Å². The predicted octanol–water partition coefficient (Wildman–Crippen LogP) is 0.887. The van der Waals surface area contributed by atoms with Crippen LogP contribution in [0.2, 0.25) is 0 Å². The van der Waals surface area contributed by atoms with Crippen molar-refractivity contribution in [3.8, 4) is 0 Å². The molecule has 1 aliphatic carbocycles. The third kappa shape index (κ3) is 1.17. The zero-order valence-electron chi connectivity index (χ0n) is 8.70. The third-order valence-electron chi connectivity index (χ3n) is 3.37. The van der Waals surface area contributed by atoms with E-state index in [4.69, 9.17) is 0 Å². The van der Waals surface area contributed by atoms with E-state index >= 15 is 0 Å². The first-order chi connectivity index (χ1) is 6.75. The number of aryl methyl sites for hydroxylation is 1. The molecule has 1 aliphatic heterocycles. The number of hydrogen-bond acceptors (Lipinski definition) is 3. The minimum absolute atomic E-state index is 0.458. The van der Waals surface area contributed by atoms with Gasteiger partial charge in [0.1, 0.15) is 11.6 Å². The molecule has 0 bridgehead atoms. The smallest absolute Gasteiger partial charge is 0.147 e. The second-order valence-corrected chi connectivity index (χ2v) is 4.55. The third-order valence-corrected chi connectivity index (χ3v) is 3.37. The van der Waals surface area contributed by atoms with Crippen LogP contribution in [0.4, 0.5) is 0 Å². The first-order valence-electron chi connectivity index (χ1n) is 5.40. The predicted molar refractivity (Wildman–Crippen MR) is 52.8 cm³/mol. The van der Waals surface area contributed by atoms with Gasteiger partial charge in [-0.1, -0.05) is 6.92 Å². The van der Waals surface area contributed by atoms with Crippen LogP contribution >= 0.6 is 0 Å². The van der Waals surface area contributed by atoms with E-state index in [-0.39, 0.29) is 0 Å². The number of rotatable bonds is 1. The van der Waals surface area contributed by atoms with Gasteiger partial charge in [0.25, 0.3) is 0 Å². The normalized spacial score (nSPS) is 35.4. The quantitative estimate of drug-likeness (QED) is 0.718. The van der Waals surface area contributed by atoms with Crippen LogP contribution in [0.1, 0.15) is 31.0 Å². The number of hydrogen-bond donors (Lipinski definition) is 1. The van der Waals surface area contributed by atoms with Crippen molar-refractivity contribution >= 4 is 0 Å². The molecule has 0 amide bonds. The van der Waals surface area contributed by atoms with Gasteiger partial charge >= 0.3 is 0 Å². The summed E-state index contributed by atoms with van der Waals surface area (Å²) in [5.41, 5.74) is 0. The second kappa shape index (κ2) is 2.79. The Labute approximate surface area is 83.7 Å². The van der Waals surface area contributed by atoms with Gasteiger partial charge in [0.05, 0.1) is 12.6 Å². The van der Waals surface area contributed by atoms with Crippen molar-refractivity contribution in [2.75, 3.05) is 6.54 Å².